The SMILES string of the molecule is CCNCc1ccc(OCC(F)(F)F)c(C2CC2)c1. The van der Waals surface area contributed by atoms with Gasteiger partial charge in [-0.2, -0.15) is 13.2 Å². The van der Waals surface area contributed by atoms with Crippen LogP contribution in [0.5, 0.6) is 5.75 Å². The van der Waals surface area contributed by atoms with Crippen molar-refractivity contribution < 1.29 is 17.9 Å². The van der Waals surface area contributed by atoms with Gasteiger partial charge in [0.25, 0.3) is 0 Å². The molecule has 1 saturated carbocycles. The molecule has 1 aromatic rings. The highest BCUT2D eigenvalue weighted by Gasteiger charge is 2.31. The minimum absolute atomic E-state index is 0.366. The lowest BCUT2D eigenvalue weighted by Crippen LogP contribution is -2.20. The first-order chi connectivity index (χ1) is 8.99. The number of halogens is 3. The lowest BCUT2D eigenvalue weighted by molar-refractivity contribution is -0.153. The number of hydrogen-bond donors (Lipinski definition) is 1. The molecule has 1 aromatic carbocycles. The highest BCUT2D eigenvalue weighted by atomic mass is 19.4. The van der Waals surface area contributed by atoms with Crippen LogP contribution in [0.4, 0.5) is 13.2 Å². The monoisotopic (exact) mass is 273 g/mol. The Morgan fingerprint density at radius 3 is 2.63 bits per heavy atom. The molecular formula is C14H18F3NO. The Morgan fingerprint density at radius 2 is 2.05 bits per heavy atom. The maximum absolute atomic E-state index is 12.2. The van der Waals surface area contributed by atoms with Gasteiger partial charge in [-0.1, -0.05) is 19.1 Å². The maximum atomic E-state index is 12.2. The Hall–Kier alpha value is -1.23. The summed E-state index contributed by atoms with van der Waals surface area (Å²) >= 11 is 0. The third-order valence-electron chi connectivity index (χ3n) is 3.06. The lowest BCUT2D eigenvalue weighted by Gasteiger charge is -2.14. The van der Waals surface area contributed by atoms with Gasteiger partial charge >= 0.3 is 6.18 Å². The van der Waals surface area contributed by atoms with Crippen molar-refractivity contribution in [1.82, 2.24) is 5.32 Å². The molecule has 2 rings (SSSR count). The molecule has 0 heterocycles. The van der Waals surface area contributed by atoms with E-state index in [1.807, 2.05) is 19.1 Å². The number of hydrogen-bond acceptors (Lipinski definition) is 2. The van der Waals surface area contributed by atoms with Gasteiger partial charge in [-0.05, 0) is 42.5 Å². The third kappa shape index (κ3) is 4.42. The molecule has 1 fully saturated rings. The summed E-state index contributed by atoms with van der Waals surface area (Å²) < 4.78 is 41.5. The van der Waals surface area contributed by atoms with Crippen molar-refractivity contribution in [3.63, 3.8) is 0 Å². The molecule has 0 aromatic heterocycles. The maximum Gasteiger partial charge on any atom is 0.422 e. The number of rotatable bonds is 6. The molecule has 0 aliphatic heterocycles. The molecule has 1 N–H and O–H groups in total. The van der Waals surface area contributed by atoms with Crippen LogP contribution in [0.25, 0.3) is 0 Å². The van der Waals surface area contributed by atoms with Crippen molar-refractivity contribution in [2.24, 2.45) is 0 Å². The zero-order valence-electron chi connectivity index (χ0n) is 10.9. The van der Waals surface area contributed by atoms with E-state index in [2.05, 4.69) is 5.32 Å². The number of alkyl halides is 3. The van der Waals surface area contributed by atoms with Gasteiger partial charge in [0.2, 0.25) is 0 Å². The summed E-state index contributed by atoms with van der Waals surface area (Å²) in [7, 11) is 0. The Labute approximate surface area is 111 Å². The zero-order chi connectivity index (χ0) is 13.9. The van der Waals surface area contributed by atoms with Crippen LogP contribution in [-0.4, -0.2) is 19.3 Å². The summed E-state index contributed by atoms with van der Waals surface area (Å²) in [6.07, 6.45) is -2.22. The van der Waals surface area contributed by atoms with E-state index < -0.39 is 12.8 Å². The molecule has 0 amide bonds. The van der Waals surface area contributed by atoms with E-state index in [0.717, 1.165) is 37.1 Å². The molecule has 0 radical (unpaired) electrons. The number of nitrogens with one attached hydrogen (secondary N) is 1. The fourth-order valence-electron chi connectivity index (χ4n) is 1.98. The summed E-state index contributed by atoms with van der Waals surface area (Å²) in [5.41, 5.74) is 2.00. The standard InChI is InChI=1S/C14H18F3NO/c1-2-18-8-10-3-6-13(19-9-14(15,16)17)12(7-10)11-4-5-11/h3,6-7,11,18H,2,4-5,8-9H2,1H3. The predicted molar refractivity (Wildman–Crippen MR) is 67.3 cm³/mol. The van der Waals surface area contributed by atoms with Crippen LogP contribution in [0.3, 0.4) is 0 Å². The Kier molecular flexibility index (Phi) is 4.34. The van der Waals surface area contributed by atoms with Crippen molar-refractivity contribution in [2.45, 2.75) is 38.4 Å². The van der Waals surface area contributed by atoms with E-state index >= 15 is 0 Å². The Morgan fingerprint density at radius 1 is 1.32 bits per heavy atom. The van der Waals surface area contributed by atoms with Crippen LogP contribution in [0, 0.1) is 0 Å². The first-order valence-electron chi connectivity index (χ1n) is 6.52. The molecule has 2 nitrogen and oxygen atoms in total. The first-order valence-corrected chi connectivity index (χ1v) is 6.52. The summed E-state index contributed by atoms with van der Waals surface area (Å²) in [4.78, 5) is 0. The highest BCUT2D eigenvalue weighted by molar-refractivity contribution is 5.41. The molecule has 106 valence electrons. The second-order valence-electron chi connectivity index (χ2n) is 4.83. The van der Waals surface area contributed by atoms with Gasteiger partial charge in [0.15, 0.2) is 6.61 Å². The van der Waals surface area contributed by atoms with E-state index in [1.54, 1.807) is 6.07 Å². The van der Waals surface area contributed by atoms with E-state index in [4.69, 9.17) is 4.74 Å². The van der Waals surface area contributed by atoms with E-state index in [1.165, 1.54) is 0 Å². The van der Waals surface area contributed by atoms with Crippen molar-refractivity contribution in [3.05, 3.63) is 29.3 Å². The van der Waals surface area contributed by atoms with Gasteiger partial charge in [-0.3, -0.25) is 0 Å². The quantitative estimate of drug-likeness (QED) is 0.854. The molecule has 5 heteroatoms. The molecule has 0 spiro atoms. The van der Waals surface area contributed by atoms with Crippen LogP contribution in [0.2, 0.25) is 0 Å². The molecule has 0 atom stereocenters. The zero-order valence-corrected chi connectivity index (χ0v) is 10.9. The van der Waals surface area contributed by atoms with Gasteiger partial charge in [-0.25, -0.2) is 0 Å². The van der Waals surface area contributed by atoms with Crippen LogP contribution >= 0.6 is 0 Å². The van der Waals surface area contributed by atoms with Crippen molar-refractivity contribution >= 4 is 0 Å². The Bertz CT molecular complexity index is 427. The van der Waals surface area contributed by atoms with Crippen LogP contribution in [0.1, 0.15) is 36.8 Å². The molecule has 0 bridgehead atoms. The predicted octanol–water partition coefficient (Wildman–Crippen LogP) is 3.61. The Balaban J connectivity index is 2.09. The molecule has 1 aliphatic carbocycles. The average Bonchev–Trinajstić information content (AvgIpc) is 3.17. The van der Waals surface area contributed by atoms with Crippen LogP contribution < -0.4 is 10.1 Å². The second-order valence-corrected chi connectivity index (χ2v) is 4.83. The summed E-state index contributed by atoms with van der Waals surface area (Å²) in [6.45, 7) is 2.39. The second kappa shape index (κ2) is 5.82. The van der Waals surface area contributed by atoms with Crippen LogP contribution in [-0.2, 0) is 6.54 Å². The van der Waals surface area contributed by atoms with E-state index in [9.17, 15) is 13.2 Å². The summed E-state index contributed by atoms with van der Waals surface area (Å²) in [5.74, 6) is 0.741. The van der Waals surface area contributed by atoms with Crippen molar-refractivity contribution in [2.75, 3.05) is 13.2 Å². The van der Waals surface area contributed by atoms with E-state index in [-0.39, 0.29) is 0 Å². The summed E-state index contributed by atoms with van der Waals surface area (Å²) in [6, 6.07) is 5.44. The smallest absolute Gasteiger partial charge is 0.422 e. The number of benzene rings is 1. The van der Waals surface area contributed by atoms with E-state index in [0.29, 0.717) is 11.7 Å². The molecule has 19 heavy (non-hydrogen) atoms. The lowest BCUT2D eigenvalue weighted by atomic mass is 10.1. The van der Waals surface area contributed by atoms with Gasteiger partial charge in [0.05, 0.1) is 0 Å². The fraction of sp³-hybridized carbons (Fsp3) is 0.571. The van der Waals surface area contributed by atoms with Crippen LogP contribution in [0.15, 0.2) is 18.2 Å². The van der Waals surface area contributed by atoms with Crippen molar-refractivity contribution in [1.29, 1.82) is 0 Å². The molecule has 0 unspecified atom stereocenters. The molecule has 0 saturated heterocycles. The first kappa shape index (κ1) is 14.2. The highest BCUT2D eigenvalue weighted by Crippen LogP contribution is 2.44. The van der Waals surface area contributed by atoms with Gasteiger partial charge in [0.1, 0.15) is 5.75 Å². The molecule has 1 aliphatic rings. The fourth-order valence-corrected chi connectivity index (χ4v) is 1.98. The molecular weight excluding hydrogens is 255 g/mol. The average molecular weight is 273 g/mol. The van der Waals surface area contributed by atoms with Gasteiger partial charge < -0.3 is 10.1 Å². The van der Waals surface area contributed by atoms with Gasteiger partial charge in [0, 0.05) is 6.54 Å². The summed E-state index contributed by atoms with van der Waals surface area (Å²) in [5, 5.41) is 3.21. The van der Waals surface area contributed by atoms with Gasteiger partial charge in [-0.15, -0.1) is 0 Å². The largest absolute Gasteiger partial charge is 0.484 e. The normalized spacial score (nSPS) is 15.6. The number of ether oxygens (including phenoxy) is 1. The minimum Gasteiger partial charge on any atom is -0.484 e. The minimum atomic E-state index is -4.29. The third-order valence-corrected chi connectivity index (χ3v) is 3.06. The van der Waals surface area contributed by atoms with Crippen molar-refractivity contribution in [3.8, 4) is 5.75 Å². The topological polar surface area (TPSA) is 21.3 Å².